The van der Waals surface area contributed by atoms with Crippen molar-refractivity contribution in [2.45, 2.75) is 13.5 Å². The van der Waals surface area contributed by atoms with Gasteiger partial charge in [-0.15, -0.1) is 0 Å². The topological polar surface area (TPSA) is 94.2 Å². The maximum absolute atomic E-state index is 12.9. The van der Waals surface area contributed by atoms with E-state index in [1.807, 2.05) is 19.1 Å². The number of nitrogens with zero attached hydrogens (tertiary/aromatic N) is 1. The molecule has 0 aliphatic heterocycles. The molecule has 2 amide bonds. The average Bonchev–Trinajstić information content (AvgIpc) is 2.65. The Hall–Kier alpha value is -2.78. The number of benzene rings is 2. The Morgan fingerprint density at radius 3 is 2.59 bits per heavy atom. The number of amides is 2. The van der Waals surface area contributed by atoms with Crippen LogP contribution in [0.3, 0.4) is 0 Å². The summed E-state index contributed by atoms with van der Waals surface area (Å²) >= 11 is 0. The van der Waals surface area contributed by atoms with Crippen molar-refractivity contribution in [3.05, 3.63) is 54.1 Å². The van der Waals surface area contributed by atoms with Gasteiger partial charge in [0, 0.05) is 20.2 Å². The van der Waals surface area contributed by atoms with Crippen LogP contribution in [-0.4, -0.2) is 52.5 Å². The Bertz CT molecular complexity index is 917. The Balaban J connectivity index is 2.17. The van der Waals surface area contributed by atoms with Gasteiger partial charge in [-0.3, -0.25) is 0 Å². The summed E-state index contributed by atoms with van der Waals surface area (Å²) in [4.78, 5) is 14.4. The van der Waals surface area contributed by atoms with Crippen molar-refractivity contribution in [3.63, 3.8) is 0 Å². The Morgan fingerprint density at radius 1 is 1.14 bits per heavy atom. The molecule has 29 heavy (non-hydrogen) atoms. The SMILES string of the molecule is CCOc1ccccc1NC(=O)N(CCOC)Cc1cccc(OS(C)(=O)=O)c1. The van der Waals surface area contributed by atoms with Gasteiger partial charge in [0.25, 0.3) is 0 Å². The summed E-state index contributed by atoms with van der Waals surface area (Å²) in [6, 6.07) is 13.4. The van der Waals surface area contributed by atoms with Crippen molar-refractivity contribution in [1.82, 2.24) is 4.90 Å². The number of urea groups is 1. The summed E-state index contributed by atoms with van der Waals surface area (Å²) < 4.78 is 38.3. The molecule has 0 atom stereocenters. The molecule has 1 N–H and O–H groups in total. The molecule has 2 aromatic carbocycles. The van der Waals surface area contributed by atoms with Crippen LogP contribution in [0.1, 0.15) is 12.5 Å². The van der Waals surface area contributed by atoms with Gasteiger partial charge in [0.1, 0.15) is 11.5 Å². The summed E-state index contributed by atoms with van der Waals surface area (Å²) in [5, 5.41) is 2.86. The van der Waals surface area contributed by atoms with Crippen molar-refractivity contribution in [1.29, 1.82) is 0 Å². The van der Waals surface area contributed by atoms with Gasteiger partial charge in [0.2, 0.25) is 0 Å². The van der Waals surface area contributed by atoms with Crippen LogP contribution in [0.15, 0.2) is 48.5 Å². The fraction of sp³-hybridized carbons (Fsp3) is 0.350. The van der Waals surface area contributed by atoms with Crippen LogP contribution in [0.25, 0.3) is 0 Å². The van der Waals surface area contributed by atoms with Crippen LogP contribution in [0.2, 0.25) is 0 Å². The minimum atomic E-state index is -3.63. The number of ether oxygens (including phenoxy) is 2. The van der Waals surface area contributed by atoms with Gasteiger partial charge in [-0.05, 0) is 36.8 Å². The van der Waals surface area contributed by atoms with E-state index in [0.717, 1.165) is 11.8 Å². The quantitative estimate of drug-likeness (QED) is 0.591. The van der Waals surface area contributed by atoms with Crippen LogP contribution >= 0.6 is 0 Å². The van der Waals surface area contributed by atoms with Crippen molar-refractivity contribution in [2.24, 2.45) is 0 Å². The first kappa shape index (κ1) is 22.5. The van der Waals surface area contributed by atoms with Gasteiger partial charge in [-0.1, -0.05) is 24.3 Å². The molecular formula is C20H26N2O6S. The van der Waals surface area contributed by atoms with Crippen molar-refractivity contribution in [3.8, 4) is 11.5 Å². The number of anilines is 1. The number of methoxy groups -OCH3 is 1. The fourth-order valence-corrected chi connectivity index (χ4v) is 3.04. The molecule has 0 saturated carbocycles. The van der Waals surface area contributed by atoms with E-state index in [1.165, 1.54) is 0 Å². The number of hydrogen-bond donors (Lipinski definition) is 1. The molecule has 0 unspecified atom stereocenters. The second kappa shape index (κ2) is 10.7. The summed E-state index contributed by atoms with van der Waals surface area (Å²) in [6.07, 6.45) is 0.980. The van der Waals surface area contributed by atoms with Crippen LogP contribution in [0.4, 0.5) is 10.5 Å². The highest BCUT2D eigenvalue weighted by atomic mass is 32.2. The Labute approximate surface area is 171 Å². The lowest BCUT2D eigenvalue weighted by atomic mass is 10.2. The fourth-order valence-electron chi connectivity index (χ4n) is 2.59. The Morgan fingerprint density at radius 2 is 1.90 bits per heavy atom. The standard InChI is InChI=1S/C20H26N2O6S/c1-4-27-19-11-6-5-10-18(19)21-20(23)22(12-13-26-2)15-16-8-7-9-17(14-16)28-29(3,24)25/h5-11,14H,4,12-13,15H2,1-3H3,(H,21,23). The van der Waals surface area contributed by atoms with E-state index in [9.17, 15) is 13.2 Å². The maximum Gasteiger partial charge on any atom is 0.322 e. The molecule has 2 aromatic rings. The molecule has 8 nitrogen and oxygen atoms in total. The summed E-state index contributed by atoms with van der Waals surface area (Å²) in [5.74, 6) is 0.775. The monoisotopic (exact) mass is 422 g/mol. The third kappa shape index (κ3) is 7.63. The largest absolute Gasteiger partial charge is 0.492 e. The smallest absolute Gasteiger partial charge is 0.322 e. The molecule has 0 aliphatic rings. The molecule has 0 aromatic heterocycles. The van der Waals surface area contributed by atoms with Crippen LogP contribution < -0.4 is 14.2 Å². The van der Waals surface area contributed by atoms with Gasteiger partial charge in [0.15, 0.2) is 0 Å². The number of carbonyl (C=O) groups is 1. The highest BCUT2D eigenvalue weighted by Crippen LogP contribution is 2.24. The molecule has 0 radical (unpaired) electrons. The van der Waals surface area contributed by atoms with E-state index < -0.39 is 10.1 Å². The zero-order valence-corrected chi connectivity index (χ0v) is 17.6. The first-order chi connectivity index (χ1) is 13.8. The molecule has 0 saturated heterocycles. The summed E-state index contributed by atoms with van der Waals surface area (Å²) in [6.45, 7) is 3.28. The number of nitrogens with one attached hydrogen (secondary N) is 1. The number of para-hydroxylation sites is 2. The minimum Gasteiger partial charge on any atom is -0.492 e. The zero-order chi connectivity index (χ0) is 21.3. The van der Waals surface area contributed by atoms with Crippen LogP contribution in [0, 0.1) is 0 Å². The molecular weight excluding hydrogens is 396 g/mol. The second-order valence-corrected chi connectivity index (χ2v) is 7.78. The second-order valence-electron chi connectivity index (χ2n) is 6.21. The molecule has 0 bridgehead atoms. The predicted molar refractivity (Wildman–Crippen MR) is 111 cm³/mol. The van der Waals surface area contributed by atoms with E-state index in [4.69, 9.17) is 13.7 Å². The van der Waals surface area contributed by atoms with Crippen molar-refractivity contribution < 1.29 is 26.9 Å². The number of carbonyl (C=O) groups excluding carboxylic acids is 1. The summed E-state index contributed by atoms with van der Waals surface area (Å²) in [7, 11) is -2.07. The molecule has 158 valence electrons. The summed E-state index contributed by atoms with van der Waals surface area (Å²) in [5.41, 5.74) is 1.28. The predicted octanol–water partition coefficient (Wildman–Crippen LogP) is 3.10. The van der Waals surface area contributed by atoms with E-state index in [2.05, 4.69) is 5.32 Å². The van der Waals surface area contributed by atoms with E-state index in [-0.39, 0.29) is 18.3 Å². The van der Waals surface area contributed by atoms with Crippen molar-refractivity contribution >= 4 is 21.8 Å². The third-order valence-corrected chi connectivity index (χ3v) is 4.30. The molecule has 0 aliphatic carbocycles. The van der Waals surface area contributed by atoms with Crippen LogP contribution in [-0.2, 0) is 21.4 Å². The lowest BCUT2D eigenvalue weighted by Gasteiger charge is -2.24. The molecule has 0 spiro atoms. The third-order valence-electron chi connectivity index (χ3n) is 3.80. The first-order valence-electron chi connectivity index (χ1n) is 9.07. The molecule has 0 fully saturated rings. The highest BCUT2D eigenvalue weighted by Gasteiger charge is 2.16. The van der Waals surface area contributed by atoms with Gasteiger partial charge in [0.05, 0.1) is 25.2 Å². The number of rotatable bonds is 10. The lowest BCUT2D eigenvalue weighted by molar-refractivity contribution is 0.152. The van der Waals surface area contributed by atoms with E-state index >= 15 is 0 Å². The average molecular weight is 423 g/mol. The Kier molecular flexibility index (Phi) is 8.29. The van der Waals surface area contributed by atoms with Gasteiger partial charge < -0.3 is 23.9 Å². The highest BCUT2D eigenvalue weighted by molar-refractivity contribution is 7.86. The molecule has 2 rings (SSSR count). The maximum atomic E-state index is 12.9. The van der Waals surface area contributed by atoms with Gasteiger partial charge in [-0.25, -0.2) is 4.79 Å². The molecule has 0 heterocycles. The lowest BCUT2D eigenvalue weighted by Crippen LogP contribution is -2.37. The van der Waals surface area contributed by atoms with Crippen LogP contribution in [0.5, 0.6) is 11.5 Å². The molecule has 9 heteroatoms. The zero-order valence-electron chi connectivity index (χ0n) is 16.8. The van der Waals surface area contributed by atoms with E-state index in [1.54, 1.807) is 48.4 Å². The van der Waals surface area contributed by atoms with Crippen molar-refractivity contribution in [2.75, 3.05) is 38.4 Å². The first-order valence-corrected chi connectivity index (χ1v) is 10.9. The van der Waals surface area contributed by atoms with Gasteiger partial charge >= 0.3 is 16.1 Å². The van der Waals surface area contributed by atoms with Gasteiger partial charge in [-0.2, -0.15) is 8.42 Å². The normalized spacial score (nSPS) is 11.0. The number of hydrogen-bond acceptors (Lipinski definition) is 6. The minimum absolute atomic E-state index is 0.193. The van der Waals surface area contributed by atoms with E-state index in [0.29, 0.717) is 31.2 Å².